The molecular weight excluding hydrogens is 224 g/mol. The molecule has 0 atom stereocenters. The number of benzene rings is 2. The molecule has 0 aromatic heterocycles. The highest BCUT2D eigenvalue weighted by Crippen LogP contribution is 2.20. The fourth-order valence-electron chi connectivity index (χ4n) is 1.76. The van der Waals surface area contributed by atoms with Crippen molar-refractivity contribution >= 4 is 22.3 Å². The summed E-state index contributed by atoms with van der Waals surface area (Å²) in [5.41, 5.74) is 1.42. The van der Waals surface area contributed by atoms with E-state index in [1.54, 1.807) is 6.07 Å². The van der Waals surface area contributed by atoms with Gasteiger partial charge in [-0.2, -0.15) is 0 Å². The Morgan fingerprint density at radius 3 is 2.50 bits per heavy atom. The van der Waals surface area contributed by atoms with Crippen LogP contribution in [0, 0.1) is 11.8 Å². The average molecular weight is 236 g/mol. The Morgan fingerprint density at radius 1 is 1.06 bits per heavy atom. The third-order valence-electron chi connectivity index (χ3n) is 2.66. The molecule has 0 aliphatic heterocycles. The molecule has 0 saturated heterocycles. The topological polar surface area (TPSA) is 34.1 Å². The molecule has 0 fully saturated rings. The Balaban J connectivity index is 2.67. The van der Waals surface area contributed by atoms with Crippen molar-refractivity contribution in [3.63, 3.8) is 0 Å². The molecule has 0 bridgehead atoms. The predicted molar refractivity (Wildman–Crippen MR) is 71.5 cm³/mol. The minimum absolute atomic E-state index is 0.0197. The van der Waals surface area contributed by atoms with Gasteiger partial charge in [0.2, 0.25) is 5.78 Å². The fraction of sp³-hybridized carbons (Fsp3) is 0.125. The van der Waals surface area contributed by atoms with Crippen LogP contribution in [0.3, 0.4) is 0 Å². The first-order chi connectivity index (χ1) is 8.58. The van der Waals surface area contributed by atoms with Crippen LogP contribution in [-0.2, 0) is 4.79 Å². The first kappa shape index (κ1) is 12.1. The van der Waals surface area contributed by atoms with E-state index in [-0.39, 0.29) is 11.6 Å². The molecule has 0 heterocycles. The zero-order chi connectivity index (χ0) is 13.1. The molecule has 0 radical (unpaired) electrons. The number of Topliss-reactive ketones (excluding diaryl/α,β-unsaturated/α-hetero) is 2. The molecule has 0 spiro atoms. The van der Waals surface area contributed by atoms with Gasteiger partial charge in [0.15, 0.2) is 5.78 Å². The van der Waals surface area contributed by atoms with E-state index in [0.29, 0.717) is 5.56 Å². The van der Waals surface area contributed by atoms with Crippen molar-refractivity contribution in [3.8, 4) is 11.8 Å². The van der Waals surface area contributed by atoms with Gasteiger partial charge in [-0.25, -0.2) is 0 Å². The Bertz CT molecular complexity index is 700. The molecule has 0 aliphatic carbocycles. The fourth-order valence-corrected chi connectivity index (χ4v) is 1.76. The standard InChI is InChI=1S/C16H12O2/c1-11(17)6-7-13-4-3-5-14-8-9-15(12(2)18)10-16(13)14/h3-5,8-10H,1-2H3. The van der Waals surface area contributed by atoms with Gasteiger partial charge in [-0.3, -0.25) is 9.59 Å². The lowest BCUT2D eigenvalue weighted by Crippen LogP contribution is -1.92. The Morgan fingerprint density at radius 2 is 1.83 bits per heavy atom. The minimum atomic E-state index is -0.172. The lowest BCUT2D eigenvalue weighted by molar-refractivity contribution is -0.111. The van der Waals surface area contributed by atoms with Gasteiger partial charge in [0.1, 0.15) is 0 Å². The van der Waals surface area contributed by atoms with Crippen molar-refractivity contribution in [3.05, 3.63) is 47.5 Å². The van der Waals surface area contributed by atoms with E-state index in [2.05, 4.69) is 11.8 Å². The van der Waals surface area contributed by atoms with Crippen molar-refractivity contribution in [2.45, 2.75) is 13.8 Å². The van der Waals surface area contributed by atoms with Crippen molar-refractivity contribution in [2.24, 2.45) is 0 Å². The predicted octanol–water partition coefficient (Wildman–Crippen LogP) is 2.98. The summed E-state index contributed by atoms with van der Waals surface area (Å²) in [6.45, 7) is 2.96. The minimum Gasteiger partial charge on any atom is -0.295 e. The second-order valence-electron chi connectivity index (χ2n) is 4.10. The summed E-state index contributed by atoms with van der Waals surface area (Å²) in [6.07, 6.45) is 0. The van der Waals surface area contributed by atoms with E-state index in [1.165, 1.54) is 13.8 Å². The number of carbonyl (C=O) groups is 2. The van der Waals surface area contributed by atoms with Crippen molar-refractivity contribution in [2.75, 3.05) is 0 Å². The maximum Gasteiger partial charge on any atom is 0.202 e. The second kappa shape index (κ2) is 4.85. The molecule has 18 heavy (non-hydrogen) atoms. The van der Waals surface area contributed by atoms with Crippen molar-refractivity contribution in [1.82, 2.24) is 0 Å². The zero-order valence-corrected chi connectivity index (χ0v) is 10.3. The van der Waals surface area contributed by atoms with E-state index in [4.69, 9.17) is 0 Å². The van der Waals surface area contributed by atoms with Crippen LogP contribution in [0.2, 0.25) is 0 Å². The van der Waals surface area contributed by atoms with Gasteiger partial charge in [0.25, 0.3) is 0 Å². The highest BCUT2D eigenvalue weighted by atomic mass is 16.1. The largest absolute Gasteiger partial charge is 0.295 e. The van der Waals surface area contributed by atoms with Crippen LogP contribution in [-0.4, -0.2) is 11.6 Å². The van der Waals surface area contributed by atoms with E-state index >= 15 is 0 Å². The lowest BCUT2D eigenvalue weighted by Gasteiger charge is -2.02. The number of carbonyl (C=O) groups excluding carboxylic acids is 2. The van der Waals surface area contributed by atoms with Crippen LogP contribution < -0.4 is 0 Å². The smallest absolute Gasteiger partial charge is 0.202 e. The Labute approximate surface area is 106 Å². The zero-order valence-electron chi connectivity index (χ0n) is 10.3. The summed E-state index contributed by atoms with van der Waals surface area (Å²) < 4.78 is 0. The number of hydrogen-bond donors (Lipinski definition) is 0. The van der Waals surface area contributed by atoms with Gasteiger partial charge in [-0.05, 0) is 35.7 Å². The normalized spacial score (nSPS) is 9.67. The summed E-state index contributed by atoms with van der Waals surface area (Å²) in [5, 5.41) is 1.91. The van der Waals surface area contributed by atoms with Crippen LogP contribution >= 0.6 is 0 Å². The number of ketones is 2. The van der Waals surface area contributed by atoms with Crippen LogP contribution in [0.15, 0.2) is 36.4 Å². The third kappa shape index (κ3) is 2.46. The van der Waals surface area contributed by atoms with Crippen LogP contribution in [0.5, 0.6) is 0 Å². The van der Waals surface area contributed by atoms with Crippen LogP contribution in [0.4, 0.5) is 0 Å². The summed E-state index contributed by atoms with van der Waals surface area (Å²) >= 11 is 0. The summed E-state index contributed by atoms with van der Waals surface area (Å²) in [7, 11) is 0. The van der Waals surface area contributed by atoms with E-state index < -0.39 is 0 Å². The summed E-state index contributed by atoms with van der Waals surface area (Å²) in [4.78, 5) is 22.3. The molecule has 0 amide bonds. The van der Waals surface area contributed by atoms with Crippen molar-refractivity contribution < 1.29 is 9.59 Å². The monoisotopic (exact) mass is 236 g/mol. The molecular formula is C16H12O2. The molecule has 2 aromatic rings. The maximum absolute atomic E-state index is 11.4. The van der Waals surface area contributed by atoms with Gasteiger partial charge in [0.05, 0.1) is 0 Å². The first-order valence-electron chi connectivity index (χ1n) is 5.64. The third-order valence-corrected chi connectivity index (χ3v) is 2.66. The van der Waals surface area contributed by atoms with Gasteiger partial charge in [-0.1, -0.05) is 30.2 Å². The van der Waals surface area contributed by atoms with Gasteiger partial charge < -0.3 is 0 Å². The van der Waals surface area contributed by atoms with Gasteiger partial charge in [-0.15, -0.1) is 0 Å². The number of hydrogen-bond acceptors (Lipinski definition) is 2. The average Bonchev–Trinajstić information content (AvgIpc) is 2.35. The Kier molecular flexibility index (Phi) is 3.25. The van der Waals surface area contributed by atoms with Crippen LogP contribution in [0.25, 0.3) is 10.8 Å². The molecule has 2 aromatic carbocycles. The lowest BCUT2D eigenvalue weighted by atomic mass is 10.0. The molecule has 2 nitrogen and oxygen atoms in total. The van der Waals surface area contributed by atoms with Crippen molar-refractivity contribution in [1.29, 1.82) is 0 Å². The Hall–Kier alpha value is -2.40. The molecule has 0 aliphatic rings. The molecule has 88 valence electrons. The molecule has 0 N–H and O–H groups in total. The van der Waals surface area contributed by atoms with E-state index in [1.807, 2.05) is 30.3 Å². The molecule has 0 unspecified atom stereocenters. The summed E-state index contributed by atoms with van der Waals surface area (Å²) in [6, 6.07) is 11.2. The first-order valence-corrected chi connectivity index (χ1v) is 5.64. The highest BCUT2D eigenvalue weighted by molar-refractivity contribution is 6.00. The summed E-state index contributed by atoms with van der Waals surface area (Å²) in [5.74, 6) is 5.22. The van der Waals surface area contributed by atoms with Crippen LogP contribution in [0.1, 0.15) is 29.8 Å². The van der Waals surface area contributed by atoms with E-state index in [0.717, 1.165) is 16.3 Å². The highest BCUT2D eigenvalue weighted by Gasteiger charge is 2.03. The van der Waals surface area contributed by atoms with Gasteiger partial charge in [0, 0.05) is 18.1 Å². The molecule has 2 heteroatoms. The number of fused-ring (bicyclic) bond motifs is 1. The van der Waals surface area contributed by atoms with Gasteiger partial charge >= 0.3 is 0 Å². The quantitative estimate of drug-likeness (QED) is 0.563. The number of rotatable bonds is 1. The molecule has 2 rings (SSSR count). The second-order valence-corrected chi connectivity index (χ2v) is 4.10. The molecule has 0 saturated carbocycles. The van der Waals surface area contributed by atoms with E-state index in [9.17, 15) is 9.59 Å². The SMILES string of the molecule is CC(=O)C#Cc1cccc2ccc(C(C)=O)cc12. The maximum atomic E-state index is 11.4.